The standard InChI is InChI=1S/C8H16N2O2S/c1-8(10)4-7-13(11,12)6-3-2-5-9/h8H,2-4,6-7,10H2,1H3. The fraction of sp³-hybridized carbons (Fsp3) is 0.875. The minimum Gasteiger partial charge on any atom is -0.328 e. The zero-order valence-electron chi connectivity index (χ0n) is 7.86. The van der Waals surface area contributed by atoms with Gasteiger partial charge in [-0.1, -0.05) is 0 Å². The predicted octanol–water partition coefficient (Wildman–Crippen LogP) is 0.442. The summed E-state index contributed by atoms with van der Waals surface area (Å²) in [6, 6.07) is 1.84. The maximum absolute atomic E-state index is 11.2. The highest BCUT2D eigenvalue weighted by Crippen LogP contribution is 2.00. The molecule has 1 atom stereocenters. The van der Waals surface area contributed by atoms with E-state index in [1.807, 2.05) is 6.07 Å². The number of unbranched alkanes of at least 4 members (excludes halogenated alkanes) is 1. The first-order valence-electron chi connectivity index (χ1n) is 4.31. The number of nitriles is 1. The Morgan fingerprint density at radius 3 is 2.54 bits per heavy atom. The molecule has 0 aromatic carbocycles. The minimum atomic E-state index is -2.98. The summed E-state index contributed by atoms with van der Waals surface area (Å²) >= 11 is 0. The third kappa shape index (κ3) is 7.75. The minimum absolute atomic E-state index is 0.0780. The maximum atomic E-state index is 11.2. The molecular weight excluding hydrogens is 188 g/mol. The highest BCUT2D eigenvalue weighted by atomic mass is 32.2. The molecule has 0 rings (SSSR count). The molecule has 0 heterocycles. The molecule has 0 saturated carbocycles. The zero-order valence-corrected chi connectivity index (χ0v) is 8.68. The van der Waals surface area contributed by atoms with E-state index < -0.39 is 9.84 Å². The molecule has 2 N–H and O–H groups in total. The SMILES string of the molecule is CC(N)CCS(=O)(=O)CCCC#N. The molecule has 0 aromatic heterocycles. The fourth-order valence-electron chi connectivity index (χ4n) is 0.839. The van der Waals surface area contributed by atoms with Crippen LogP contribution in [0.2, 0.25) is 0 Å². The van der Waals surface area contributed by atoms with Gasteiger partial charge < -0.3 is 5.73 Å². The summed E-state index contributed by atoms with van der Waals surface area (Å²) in [5.41, 5.74) is 5.44. The monoisotopic (exact) mass is 204 g/mol. The van der Waals surface area contributed by atoms with Crippen molar-refractivity contribution in [1.82, 2.24) is 0 Å². The maximum Gasteiger partial charge on any atom is 0.150 e. The first kappa shape index (κ1) is 12.4. The van der Waals surface area contributed by atoms with E-state index in [1.54, 1.807) is 6.92 Å². The summed E-state index contributed by atoms with van der Waals surface area (Å²) in [7, 11) is -2.98. The van der Waals surface area contributed by atoms with Crippen molar-refractivity contribution in [1.29, 1.82) is 5.26 Å². The third-order valence-corrected chi connectivity index (χ3v) is 3.40. The number of hydrogen-bond donors (Lipinski definition) is 1. The molecule has 0 aliphatic heterocycles. The lowest BCUT2D eigenvalue weighted by Gasteiger charge is -2.05. The third-order valence-electron chi connectivity index (χ3n) is 1.63. The summed E-state index contributed by atoms with van der Waals surface area (Å²) in [4.78, 5) is 0. The largest absolute Gasteiger partial charge is 0.328 e. The van der Waals surface area contributed by atoms with Gasteiger partial charge in [0.25, 0.3) is 0 Å². The van der Waals surface area contributed by atoms with Crippen molar-refractivity contribution in [2.45, 2.75) is 32.2 Å². The second-order valence-corrected chi connectivity index (χ2v) is 5.48. The number of rotatable bonds is 6. The van der Waals surface area contributed by atoms with Crippen LogP contribution in [0.5, 0.6) is 0 Å². The van der Waals surface area contributed by atoms with Crippen molar-refractivity contribution in [3.05, 3.63) is 0 Å². The fourth-order valence-corrected chi connectivity index (χ4v) is 2.36. The van der Waals surface area contributed by atoms with E-state index in [4.69, 9.17) is 11.0 Å². The molecule has 5 heteroatoms. The average Bonchev–Trinajstić information content (AvgIpc) is 2.02. The highest BCUT2D eigenvalue weighted by molar-refractivity contribution is 7.91. The second-order valence-electron chi connectivity index (χ2n) is 3.18. The smallest absolute Gasteiger partial charge is 0.150 e. The van der Waals surface area contributed by atoms with Gasteiger partial charge in [0.05, 0.1) is 17.6 Å². The Morgan fingerprint density at radius 2 is 2.08 bits per heavy atom. The molecule has 0 amide bonds. The van der Waals surface area contributed by atoms with E-state index in [2.05, 4.69) is 0 Å². The Morgan fingerprint density at radius 1 is 1.46 bits per heavy atom. The van der Waals surface area contributed by atoms with Crippen LogP contribution in [0.25, 0.3) is 0 Å². The molecule has 13 heavy (non-hydrogen) atoms. The van der Waals surface area contributed by atoms with E-state index in [1.165, 1.54) is 0 Å². The Hall–Kier alpha value is -0.600. The van der Waals surface area contributed by atoms with Crippen molar-refractivity contribution in [2.75, 3.05) is 11.5 Å². The quantitative estimate of drug-likeness (QED) is 0.636. The summed E-state index contributed by atoms with van der Waals surface area (Å²) in [5.74, 6) is 0.239. The molecule has 0 aromatic rings. The number of sulfone groups is 1. The van der Waals surface area contributed by atoms with Crippen molar-refractivity contribution in [3.8, 4) is 6.07 Å². The van der Waals surface area contributed by atoms with Crippen LogP contribution in [-0.2, 0) is 9.84 Å². The Bertz CT molecular complexity index is 264. The molecule has 0 aliphatic carbocycles. The van der Waals surface area contributed by atoms with Crippen LogP contribution >= 0.6 is 0 Å². The lowest BCUT2D eigenvalue weighted by Crippen LogP contribution is -2.21. The molecule has 0 fully saturated rings. The van der Waals surface area contributed by atoms with Gasteiger partial charge in [0, 0.05) is 12.5 Å². The topological polar surface area (TPSA) is 84.0 Å². The zero-order chi connectivity index (χ0) is 10.3. The van der Waals surface area contributed by atoms with Crippen molar-refractivity contribution < 1.29 is 8.42 Å². The van der Waals surface area contributed by atoms with Gasteiger partial charge in [-0.3, -0.25) is 0 Å². The summed E-state index contributed by atoms with van der Waals surface area (Å²) < 4.78 is 22.5. The van der Waals surface area contributed by atoms with Gasteiger partial charge in [0.15, 0.2) is 0 Å². The Labute approximate surface area is 79.7 Å². The van der Waals surface area contributed by atoms with E-state index in [0.29, 0.717) is 19.3 Å². The van der Waals surface area contributed by atoms with E-state index in [0.717, 1.165) is 0 Å². The van der Waals surface area contributed by atoms with Gasteiger partial charge in [-0.15, -0.1) is 0 Å². The summed E-state index contributed by atoms with van der Waals surface area (Å²) in [6.07, 6.45) is 1.23. The van der Waals surface area contributed by atoms with Gasteiger partial charge in [0.1, 0.15) is 9.84 Å². The Kier molecular flexibility index (Phi) is 5.67. The van der Waals surface area contributed by atoms with Crippen LogP contribution in [0.1, 0.15) is 26.2 Å². The van der Waals surface area contributed by atoms with Gasteiger partial charge in [-0.2, -0.15) is 5.26 Å². The van der Waals surface area contributed by atoms with Crippen LogP contribution in [0, 0.1) is 11.3 Å². The summed E-state index contributed by atoms with van der Waals surface area (Å²) in [6.45, 7) is 1.78. The molecule has 0 spiro atoms. The molecule has 0 saturated heterocycles. The van der Waals surface area contributed by atoms with Crippen LogP contribution in [0.3, 0.4) is 0 Å². The van der Waals surface area contributed by atoms with Gasteiger partial charge in [-0.25, -0.2) is 8.42 Å². The van der Waals surface area contributed by atoms with Gasteiger partial charge in [0.2, 0.25) is 0 Å². The van der Waals surface area contributed by atoms with Crippen molar-refractivity contribution in [3.63, 3.8) is 0 Å². The predicted molar refractivity (Wildman–Crippen MR) is 51.8 cm³/mol. The van der Waals surface area contributed by atoms with Crippen LogP contribution in [-0.4, -0.2) is 26.0 Å². The molecule has 0 aliphatic rings. The van der Waals surface area contributed by atoms with E-state index in [9.17, 15) is 8.42 Å². The molecule has 0 bridgehead atoms. The lowest BCUT2D eigenvalue weighted by atomic mass is 10.3. The number of hydrogen-bond acceptors (Lipinski definition) is 4. The molecule has 0 radical (unpaired) electrons. The molecule has 1 unspecified atom stereocenters. The molecule has 76 valence electrons. The first-order valence-corrected chi connectivity index (χ1v) is 6.13. The van der Waals surface area contributed by atoms with Crippen LogP contribution in [0.4, 0.5) is 0 Å². The first-order chi connectivity index (χ1) is 5.98. The highest BCUT2D eigenvalue weighted by Gasteiger charge is 2.10. The van der Waals surface area contributed by atoms with Gasteiger partial charge >= 0.3 is 0 Å². The lowest BCUT2D eigenvalue weighted by molar-refractivity contribution is 0.585. The normalized spacial score (nSPS) is 13.6. The average molecular weight is 204 g/mol. The van der Waals surface area contributed by atoms with Crippen molar-refractivity contribution >= 4 is 9.84 Å². The van der Waals surface area contributed by atoms with Gasteiger partial charge in [-0.05, 0) is 19.8 Å². The molecule has 4 nitrogen and oxygen atoms in total. The van der Waals surface area contributed by atoms with E-state index in [-0.39, 0.29) is 17.5 Å². The number of nitrogens with zero attached hydrogens (tertiary/aromatic N) is 1. The van der Waals surface area contributed by atoms with Crippen LogP contribution < -0.4 is 5.73 Å². The Balaban J connectivity index is 3.76. The van der Waals surface area contributed by atoms with Crippen LogP contribution in [0.15, 0.2) is 0 Å². The number of nitrogens with two attached hydrogens (primary N) is 1. The second kappa shape index (κ2) is 5.95. The van der Waals surface area contributed by atoms with Crippen molar-refractivity contribution in [2.24, 2.45) is 5.73 Å². The van der Waals surface area contributed by atoms with E-state index >= 15 is 0 Å². The summed E-state index contributed by atoms with van der Waals surface area (Å²) in [5, 5.41) is 8.22. The molecular formula is C8H16N2O2S.